The number of halogens is 2. The lowest BCUT2D eigenvalue weighted by Crippen LogP contribution is -2.12. The molecule has 0 spiro atoms. The molecule has 0 fully saturated rings. The molecule has 4 heteroatoms. The second-order valence-electron chi connectivity index (χ2n) is 4.56. The van der Waals surface area contributed by atoms with Crippen molar-refractivity contribution in [2.75, 3.05) is 6.61 Å². The zero-order valence-electron chi connectivity index (χ0n) is 11.2. The van der Waals surface area contributed by atoms with E-state index in [2.05, 4.69) is 31.9 Å². The zero-order valence-corrected chi connectivity index (χ0v) is 14.4. The van der Waals surface area contributed by atoms with Gasteiger partial charge < -0.3 is 4.74 Å². The fourth-order valence-electron chi connectivity index (χ4n) is 1.76. The van der Waals surface area contributed by atoms with Crippen molar-refractivity contribution in [1.29, 1.82) is 0 Å². The van der Waals surface area contributed by atoms with E-state index in [-0.39, 0.29) is 12.4 Å². The van der Waals surface area contributed by atoms with Crippen molar-refractivity contribution in [3.63, 3.8) is 0 Å². The van der Waals surface area contributed by atoms with Gasteiger partial charge in [-0.3, -0.25) is 4.79 Å². The summed E-state index contributed by atoms with van der Waals surface area (Å²) in [7, 11) is 0. The van der Waals surface area contributed by atoms with Crippen LogP contribution in [0.5, 0.6) is 5.75 Å². The fourth-order valence-corrected chi connectivity index (χ4v) is 2.98. The Hall–Kier alpha value is -1.13. The van der Waals surface area contributed by atoms with Crippen LogP contribution in [0.2, 0.25) is 0 Å². The maximum atomic E-state index is 12.1. The molecule has 0 aromatic heterocycles. The summed E-state index contributed by atoms with van der Waals surface area (Å²) in [5.41, 5.74) is 2.96. The normalized spacial score (nSPS) is 10.4. The third-order valence-electron chi connectivity index (χ3n) is 3.10. The maximum absolute atomic E-state index is 12.1. The molecular weight excluding hydrogens is 384 g/mol. The van der Waals surface area contributed by atoms with Gasteiger partial charge in [-0.15, -0.1) is 0 Å². The van der Waals surface area contributed by atoms with Crippen molar-refractivity contribution in [2.24, 2.45) is 0 Å². The summed E-state index contributed by atoms with van der Waals surface area (Å²) >= 11 is 6.82. The number of Topliss-reactive ketones (excluding diaryl/α,β-unsaturated/α-hetero) is 1. The summed E-state index contributed by atoms with van der Waals surface area (Å²) in [4.78, 5) is 12.1. The van der Waals surface area contributed by atoms with Gasteiger partial charge >= 0.3 is 0 Å². The average molecular weight is 398 g/mol. The highest BCUT2D eigenvalue weighted by Gasteiger charge is 2.11. The molecule has 0 unspecified atom stereocenters. The number of ketones is 1. The van der Waals surface area contributed by atoms with Gasteiger partial charge in [0, 0.05) is 5.56 Å². The molecule has 2 aromatic rings. The van der Waals surface area contributed by atoms with E-state index in [0.29, 0.717) is 11.3 Å². The number of ether oxygens (including phenoxy) is 1. The molecule has 0 amide bonds. The van der Waals surface area contributed by atoms with Crippen LogP contribution >= 0.6 is 31.9 Å². The minimum Gasteiger partial charge on any atom is -0.483 e. The van der Waals surface area contributed by atoms with E-state index in [1.165, 1.54) is 5.56 Å². The van der Waals surface area contributed by atoms with Gasteiger partial charge in [-0.1, -0.05) is 18.2 Å². The Morgan fingerprint density at radius 3 is 2.30 bits per heavy atom. The smallest absolute Gasteiger partial charge is 0.200 e. The first-order valence-corrected chi connectivity index (χ1v) is 7.75. The third kappa shape index (κ3) is 3.49. The predicted molar refractivity (Wildman–Crippen MR) is 87.6 cm³/mol. The van der Waals surface area contributed by atoms with E-state index in [1.807, 2.05) is 50.2 Å². The molecular formula is C16H14Br2O2. The number of hydrogen-bond acceptors (Lipinski definition) is 2. The molecule has 0 atom stereocenters. The van der Waals surface area contributed by atoms with Crippen LogP contribution in [0.15, 0.2) is 45.3 Å². The van der Waals surface area contributed by atoms with E-state index in [1.54, 1.807) is 0 Å². The largest absolute Gasteiger partial charge is 0.483 e. The summed E-state index contributed by atoms with van der Waals surface area (Å²) in [5, 5.41) is 0. The van der Waals surface area contributed by atoms with Gasteiger partial charge in [0.1, 0.15) is 5.75 Å². The Kier molecular flexibility index (Phi) is 5.00. The molecule has 104 valence electrons. The predicted octanol–water partition coefficient (Wildman–Crippen LogP) is 5.09. The number of aryl methyl sites for hydroxylation is 2. The Balaban J connectivity index is 2.11. The highest BCUT2D eigenvalue weighted by Crippen LogP contribution is 2.33. The second kappa shape index (κ2) is 6.55. The Labute approximate surface area is 135 Å². The minimum atomic E-state index is -0.0317. The fraction of sp³-hybridized carbons (Fsp3) is 0.188. The van der Waals surface area contributed by atoms with Gasteiger partial charge in [0.2, 0.25) is 0 Å². The van der Waals surface area contributed by atoms with Gasteiger partial charge in [-0.25, -0.2) is 0 Å². The van der Waals surface area contributed by atoms with Gasteiger partial charge in [0.25, 0.3) is 0 Å². The van der Waals surface area contributed by atoms with Crippen LogP contribution in [0.4, 0.5) is 0 Å². The van der Waals surface area contributed by atoms with Crippen LogP contribution in [0.25, 0.3) is 0 Å². The van der Waals surface area contributed by atoms with Crippen molar-refractivity contribution < 1.29 is 9.53 Å². The van der Waals surface area contributed by atoms with Crippen LogP contribution < -0.4 is 4.74 Å². The maximum Gasteiger partial charge on any atom is 0.200 e. The van der Waals surface area contributed by atoms with Crippen molar-refractivity contribution in [3.8, 4) is 5.75 Å². The van der Waals surface area contributed by atoms with Crippen LogP contribution in [0.1, 0.15) is 21.5 Å². The molecule has 0 heterocycles. The van der Waals surface area contributed by atoms with Gasteiger partial charge in [-0.05, 0) is 75.0 Å². The molecule has 0 aliphatic heterocycles. The van der Waals surface area contributed by atoms with Crippen molar-refractivity contribution in [2.45, 2.75) is 13.8 Å². The first-order valence-electron chi connectivity index (χ1n) is 6.16. The third-order valence-corrected chi connectivity index (χ3v) is 4.34. The quantitative estimate of drug-likeness (QED) is 0.671. The van der Waals surface area contributed by atoms with Crippen LogP contribution in [0.3, 0.4) is 0 Å². The molecule has 0 saturated heterocycles. The first kappa shape index (κ1) is 15.3. The van der Waals surface area contributed by atoms with E-state index >= 15 is 0 Å². The van der Waals surface area contributed by atoms with Crippen LogP contribution in [-0.2, 0) is 0 Å². The van der Waals surface area contributed by atoms with Crippen molar-refractivity contribution >= 4 is 37.6 Å². The number of rotatable bonds is 4. The molecule has 2 nitrogen and oxygen atoms in total. The molecule has 0 N–H and O–H groups in total. The van der Waals surface area contributed by atoms with Crippen molar-refractivity contribution in [3.05, 3.63) is 62.0 Å². The topological polar surface area (TPSA) is 26.3 Å². The lowest BCUT2D eigenvalue weighted by atomic mass is 10.0. The monoisotopic (exact) mass is 396 g/mol. The van der Waals surface area contributed by atoms with Crippen molar-refractivity contribution in [1.82, 2.24) is 0 Å². The number of carbonyl (C=O) groups is 1. The SMILES string of the molecule is Cc1ccc(C(=O)COc2c(Br)cccc2Br)cc1C. The lowest BCUT2D eigenvalue weighted by Gasteiger charge is -2.10. The highest BCUT2D eigenvalue weighted by atomic mass is 79.9. The van der Waals surface area contributed by atoms with Crippen LogP contribution in [0, 0.1) is 13.8 Å². The van der Waals surface area contributed by atoms with E-state index < -0.39 is 0 Å². The van der Waals surface area contributed by atoms with Crippen LogP contribution in [-0.4, -0.2) is 12.4 Å². The lowest BCUT2D eigenvalue weighted by molar-refractivity contribution is 0.0920. The highest BCUT2D eigenvalue weighted by molar-refractivity contribution is 9.11. The molecule has 0 bridgehead atoms. The molecule has 2 rings (SSSR count). The molecule has 0 radical (unpaired) electrons. The summed E-state index contributed by atoms with van der Waals surface area (Å²) in [6, 6.07) is 11.3. The van der Waals surface area contributed by atoms with Gasteiger partial charge in [0.05, 0.1) is 8.95 Å². The molecule has 0 aliphatic rings. The van der Waals surface area contributed by atoms with E-state index in [9.17, 15) is 4.79 Å². The van der Waals surface area contributed by atoms with Gasteiger partial charge in [0.15, 0.2) is 12.4 Å². The molecule has 2 aromatic carbocycles. The number of carbonyl (C=O) groups excluding carboxylic acids is 1. The van der Waals surface area contributed by atoms with Gasteiger partial charge in [-0.2, -0.15) is 0 Å². The first-order chi connectivity index (χ1) is 9.49. The zero-order chi connectivity index (χ0) is 14.7. The van der Waals surface area contributed by atoms with E-state index in [0.717, 1.165) is 14.5 Å². The standard InChI is InChI=1S/C16H14Br2O2/c1-10-6-7-12(8-11(10)2)15(19)9-20-16-13(17)4-3-5-14(16)18/h3-8H,9H2,1-2H3. The molecule has 0 aliphatic carbocycles. The molecule has 20 heavy (non-hydrogen) atoms. The number of para-hydroxylation sites is 1. The Morgan fingerprint density at radius 1 is 1.05 bits per heavy atom. The minimum absolute atomic E-state index is 0.0176. The number of benzene rings is 2. The summed E-state index contributed by atoms with van der Waals surface area (Å²) < 4.78 is 7.25. The Bertz CT molecular complexity index is 631. The summed E-state index contributed by atoms with van der Waals surface area (Å²) in [6.07, 6.45) is 0. The number of hydrogen-bond donors (Lipinski definition) is 0. The van der Waals surface area contributed by atoms with E-state index in [4.69, 9.17) is 4.74 Å². The average Bonchev–Trinajstić information content (AvgIpc) is 2.41. The Morgan fingerprint density at radius 2 is 1.70 bits per heavy atom. The summed E-state index contributed by atoms with van der Waals surface area (Å²) in [6.45, 7) is 4.04. The summed E-state index contributed by atoms with van der Waals surface area (Å²) in [5.74, 6) is 0.612. The molecule has 0 saturated carbocycles. The second-order valence-corrected chi connectivity index (χ2v) is 6.27.